The maximum atomic E-state index is 10.7. The van der Waals surface area contributed by atoms with Crippen LogP contribution in [0.2, 0.25) is 0 Å². The van der Waals surface area contributed by atoms with Gasteiger partial charge >= 0.3 is 5.97 Å². The number of carboxylic acid groups (broad SMARTS) is 1. The standard InChI is InChI=1S/C7H8N4O2S/c1-2-6(14)11-4(7(12)13)3(10-2)5(8)9/h1H3,(H3,8,9)(H,11,14)(H,12,13). The van der Waals surface area contributed by atoms with Crippen LogP contribution in [0, 0.1) is 17.0 Å². The fourth-order valence-electron chi connectivity index (χ4n) is 0.887. The lowest BCUT2D eigenvalue weighted by molar-refractivity contribution is 0.0689. The number of carbonyl (C=O) groups is 1. The van der Waals surface area contributed by atoms with Crippen LogP contribution in [0.1, 0.15) is 21.9 Å². The number of H-pyrrole nitrogens is 1. The number of nitrogens with two attached hydrogens (primary N) is 1. The minimum atomic E-state index is -1.24. The Balaban J connectivity index is 3.55. The van der Waals surface area contributed by atoms with Gasteiger partial charge in [-0.3, -0.25) is 5.41 Å². The number of hydrogen-bond donors (Lipinski definition) is 4. The Labute approximate surface area is 84.3 Å². The van der Waals surface area contributed by atoms with Crippen molar-refractivity contribution in [2.45, 2.75) is 6.92 Å². The molecule has 1 aromatic heterocycles. The van der Waals surface area contributed by atoms with Crippen molar-refractivity contribution in [1.82, 2.24) is 9.97 Å². The molecule has 0 aliphatic carbocycles. The van der Waals surface area contributed by atoms with E-state index >= 15 is 0 Å². The molecule has 6 nitrogen and oxygen atoms in total. The number of amidine groups is 1. The van der Waals surface area contributed by atoms with Crippen LogP contribution in [-0.4, -0.2) is 26.9 Å². The summed E-state index contributed by atoms with van der Waals surface area (Å²) in [6, 6.07) is 0. The third-order valence-electron chi connectivity index (χ3n) is 1.55. The molecular formula is C7H8N4O2S. The van der Waals surface area contributed by atoms with Gasteiger partial charge in [-0.1, -0.05) is 12.2 Å². The topological polar surface area (TPSA) is 116 Å². The highest BCUT2D eigenvalue weighted by molar-refractivity contribution is 7.71. The molecule has 0 bridgehead atoms. The number of carboxylic acids is 1. The molecule has 1 heterocycles. The van der Waals surface area contributed by atoms with Gasteiger partial charge in [-0.2, -0.15) is 0 Å². The summed E-state index contributed by atoms with van der Waals surface area (Å²) in [7, 11) is 0. The first-order valence-corrected chi connectivity index (χ1v) is 4.03. The summed E-state index contributed by atoms with van der Waals surface area (Å²) in [6.07, 6.45) is 0. The fourth-order valence-corrected chi connectivity index (χ4v) is 1.03. The number of aromatic nitrogens is 2. The van der Waals surface area contributed by atoms with Crippen molar-refractivity contribution >= 4 is 24.0 Å². The number of nitrogens with one attached hydrogen (secondary N) is 2. The van der Waals surface area contributed by atoms with Gasteiger partial charge in [0.1, 0.15) is 16.2 Å². The van der Waals surface area contributed by atoms with Crippen molar-refractivity contribution < 1.29 is 9.90 Å². The molecule has 0 aliphatic rings. The molecule has 1 aromatic rings. The Hall–Kier alpha value is -1.76. The first-order valence-electron chi connectivity index (χ1n) is 3.62. The lowest BCUT2D eigenvalue weighted by atomic mass is 10.2. The van der Waals surface area contributed by atoms with E-state index in [1.54, 1.807) is 6.92 Å². The van der Waals surface area contributed by atoms with Gasteiger partial charge in [-0.25, -0.2) is 9.78 Å². The molecule has 0 fully saturated rings. The van der Waals surface area contributed by atoms with Gasteiger partial charge in [-0.15, -0.1) is 0 Å². The summed E-state index contributed by atoms with van der Waals surface area (Å²) in [5.41, 5.74) is 5.26. The van der Waals surface area contributed by atoms with E-state index in [1.165, 1.54) is 0 Å². The molecule has 5 N–H and O–H groups in total. The summed E-state index contributed by atoms with van der Waals surface area (Å²) in [4.78, 5) is 17.0. The molecule has 0 saturated carbocycles. The molecule has 0 amide bonds. The number of hydrogen-bond acceptors (Lipinski definition) is 4. The third-order valence-corrected chi connectivity index (χ3v) is 1.95. The largest absolute Gasteiger partial charge is 0.477 e. The second-order valence-electron chi connectivity index (χ2n) is 2.59. The van der Waals surface area contributed by atoms with Crippen molar-refractivity contribution in [3.05, 3.63) is 21.7 Å². The lowest BCUT2D eigenvalue weighted by Gasteiger charge is -2.04. The third kappa shape index (κ3) is 1.77. The fraction of sp³-hybridized carbons (Fsp3) is 0.143. The van der Waals surface area contributed by atoms with E-state index in [2.05, 4.69) is 9.97 Å². The van der Waals surface area contributed by atoms with E-state index in [1.807, 2.05) is 0 Å². The zero-order valence-corrected chi connectivity index (χ0v) is 8.10. The van der Waals surface area contributed by atoms with Crippen LogP contribution < -0.4 is 5.73 Å². The Bertz CT molecular complexity index is 465. The minimum absolute atomic E-state index is 0.0939. The summed E-state index contributed by atoms with van der Waals surface area (Å²) < 4.78 is 0.229. The molecule has 0 radical (unpaired) electrons. The molecule has 0 aromatic carbocycles. The van der Waals surface area contributed by atoms with Gasteiger partial charge in [0.15, 0.2) is 5.69 Å². The zero-order chi connectivity index (χ0) is 10.9. The number of nitrogens with zero attached hydrogens (tertiary/aromatic N) is 1. The summed E-state index contributed by atoms with van der Waals surface area (Å²) in [5, 5.41) is 15.9. The Kier molecular flexibility index (Phi) is 2.61. The van der Waals surface area contributed by atoms with E-state index in [4.69, 9.17) is 28.5 Å². The number of nitrogen functional groups attached to an aromatic ring is 1. The van der Waals surface area contributed by atoms with Crippen LogP contribution in [0.15, 0.2) is 0 Å². The number of aryl methyl sites for hydroxylation is 1. The number of aromatic carboxylic acids is 1. The highest BCUT2D eigenvalue weighted by Crippen LogP contribution is 2.04. The van der Waals surface area contributed by atoms with E-state index in [0.717, 1.165) is 0 Å². The Morgan fingerprint density at radius 3 is 2.71 bits per heavy atom. The normalized spacial score (nSPS) is 9.79. The van der Waals surface area contributed by atoms with Crippen LogP contribution in [0.5, 0.6) is 0 Å². The van der Waals surface area contributed by atoms with Gasteiger partial charge < -0.3 is 15.8 Å². The maximum absolute atomic E-state index is 10.7. The molecule has 1 rings (SSSR count). The van der Waals surface area contributed by atoms with Crippen LogP contribution >= 0.6 is 12.2 Å². The lowest BCUT2D eigenvalue weighted by Crippen LogP contribution is -2.20. The van der Waals surface area contributed by atoms with Crippen molar-refractivity contribution in [3.8, 4) is 0 Å². The van der Waals surface area contributed by atoms with E-state index in [0.29, 0.717) is 5.69 Å². The van der Waals surface area contributed by atoms with E-state index in [-0.39, 0.29) is 16.0 Å². The highest BCUT2D eigenvalue weighted by atomic mass is 32.1. The first-order chi connectivity index (χ1) is 6.43. The molecule has 0 spiro atoms. The monoisotopic (exact) mass is 212 g/mol. The quantitative estimate of drug-likeness (QED) is 0.322. The molecule has 14 heavy (non-hydrogen) atoms. The SMILES string of the molecule is Cc1nc(C(=N)N)c(C(=O)O)[nH]c1=S. The van der Waals surface area contributed by atoms with Crippen molar-refractivity contribution in [3.63, 3.8) is 0 Å². The Morgan fingerprint density at radius 1 is 1.71 bits per heavy atom. The number of aromatic amines is 1. The van der Waals surface area contributed by atoms with Gasteiger partial charge in [0.05, 0.1) is 5.69 Å². The van der Waals surface area contributed by atoms with Crippen LogP contribution in [-0.2, 0) is 0 Å². The van der Waals surface area contributed by atoms with Gasteiger partial charge in [0.2, 0.25) is 0 Å². The van der Waals surface area contributed by atoms with Gasteiger partial charge in [0.25, 0.3) is 0 Å². The molecule has 0 aliphatic heterocycles. The smallest absolute Gasteiger partial charge is 0.354 e. The van der Waals surface area contributed by atoms with E-state index < -0.39 is 11.8 Å². The molecule has 0 atom stereocenters. The van der Waals surface area contributed by atoms with Crippen LogP contribution in [0.25, 0.3) is 0 Å². The zero-order valence-electron chi connectivity index (χ0n) is 7.29. The van der Waals surface area contributed by atoms with Gasteiger partial charge in [0, 0.05) is 0 Å². The average Bonchev–Trinajstić information content (AvgIpc) is 2.08. The van der Waals surface area contributed by atoms with Crippen LogP contribution in [0.4, 0.5) is 0 Å². The first kappa shape index (κ1) is 10.3. The molecule has 0 unspecified atom stereocenters. The van der Waals surface area contributed by atoms with Crippen LogP contribution in [0.3, 0.4) is 0 Å². The van der Waals surface area contributed by atoms with E-state index in [9.17, 15) is 4.79 Å². The summed E-state index contributed by atoms with van der Waals surface area (Å²) in [6.45, 7) is 1.61. The van der Waals surface area contributed by atoms with Crippen molar-refractivity contribution in [2.75, 3.05) is 0 Å². The predicted molar refractivity (Wildman–Crippen MR) is 52.1 cm³/mol. The second-order valence-corrected chi connectivity index (χ2v) is 3.00. The highest BCUT2D eigenvalue weighted by Gasteiger charge is 2.15. The molecule has 0 saturated heterocycles. The van der Waals surface area contributed by atoms with Crippen molar-refractivity contribution in [2.24, 2.45) is 5.73 Å². The maximum Gasteiger partial charge on any atom is 0.354 e. The van der Waals surface area contributed by atoms with Crippen molar-refractivity contribution in [1.29, 1.82) is 5.41 Å². The molecule has 74 valence electrons. The predicted octanol–water partition coefficient (Wildman–Crippen LogP) is 0.430. The second kappa shape index (κ2) is 3.54. The molecular weight excluding hydrogens is 204 g/mol. The Morgan fingerprint density at radius 2 is 2.29 bits per heavy atom. The minimum Gasteiger partial charge on any atom is -0.477 e. The van der Waals surface area contributed by atoms with Gasteiger partial charge in [-0.05, 0) is 6.92 Å². The summed E-state index contributed by atoms with van der Waals surface area (Å²) >= 11 is 4.81. The number of rotatable bonds is 2. The summed E-state index contributed by atoms with van der Waals surface area (Å²) in [5.74, 6) is -1.65. The average molecular weight is 212 g/mol. The molecule has 7 heteroatoms.